The molecule has 0 fully saturated rings. The van der Waals surface area contributed by atoms with Crippen molar-refractivity contribution >= 4 is 35.8 Å². The minimum atomic E-state index is -0.116. The summed E-state index contributed by atoms with van der Waals surface area (Å²) in [6, 6.07) is 10.8. The second-order valence-electron chi connectivity index (χ2n) is 5.50. The van der Waals surface area contributed by atoms with Gasteiger partial charge in [-0.25, -0.2) is 0 Å². The van der Waals surface area contributed by atoms with Gasteiger partial charge >= 0.3 is 0 Å². The standard InChI is InChI=1S/C19H26N4O3.HI/c1-3-20-19(22-11-10-17-5-4-14-26-17)23-13-12-21-18(24)15-6-8-16(25-2)9-7-15;/h4-9,14H,3,10-13H2,1-2H3,(H,21,24)(H2,20,22,23);1H. The summed E-state index contributed by atoms with van der Waals surface area (Å²) in [4.78, 5) is 16.6. The minimum absolute atomic E-state index is 0. The first kappa shape index (κ1) is 22.8. The Morgan fingerprint density at radius 2 is 1.85 bits per heavy atom. The largest absolute Gasteiger partial charge is 0.497 e. The van der Waals surface area contributed by atoms with Gasteiger partial charge in [0.05, 0.1) is 13.4 Å². The number of methoxy groups -OCH3 is 1. The van der Waals surface area contributed by atoms with Gasteiger partial charge in [-0.05, 0) is 43.3 Å². The number of benzene rings is 1. The average Bonchev–Trinajstić information content (AvgIpc) is 3.18. The summed E-state index contributed by atoms with van der Waals surface area (Å²) >= 11 is 0. The monoisotopic (exact) mass is 486 g/mol. The van der Waals surface area contributed by atoms with Crippen LogP contribution in [0.5, 0.6) is 5.75 Å². The van der Waals surface area contributed by atoms with Crippen LogP contribution >= 0.6 is 24.0 Å². The van der Waals surface area contributed by atoms with Crippen molar-refractivity contribution in [1.82, 2.24) is 16.0 Å². The normalized spacial score (nSPS) is 10.7. The number of hydrogen-bond donors (Lipinski definition) is 3. The molecule has 7 nitrogen and oxygen atoms in total. The van der Waals surface area contributed by atoms with E-state index in [0.29, 0.717) is 25.2 Å². The van der Waals surface area contributed by atoms with Crippen molar-refractivity contribution in [3.8, 4) is 5.75 Å². The third-order valence-electron chi connectivity index (χ3n) is 3.61. The van der Waals surface area contributed by atoms with Crippen LogP contribution in [0.15, 0.2) is 52.1 Å². The molecule has 0 aliphatic heterocycles. The molecule has 27 heavy (non-hydrogen) atoms. The molecule has 0 atom stereocenters. The molecule has 1 aromatic carbocycles. The van der Waals surface area contributed by atoms with Crippen molar-refractivity contribution in [2.75, 3.05) is 33.3 Å². The van der Waals surface area contributed by atoms with E-state index in [0.717, 1.165) is 30.4 Å². The maximum absolute atomic E-state index is 12.1. The first-order valence-corrected chi connectivity index (χ1v) is 8.69. The first-order chi connectivity index (χ1) is 12.7. The van der Waals surface area contributed by atoms with Gasteiger partial charge in [-0.2, -0.15) is 0 Å². The second-order valence-corrected chi connectivity index (χ2v) is 5.50. The van der Waals surface area contributed by atoms with Crippen molar-refractivity contribution in [1.29, 1.82) is 0 Å². The molecule has 2 aromatic rings. The van der Waals surface area contributed by atoms with E-state index in [1.165, 1.54) is 0 Å². The Balaban J connectivity index is 0.00000364. The van der Waals surface area contributed by atoms with Gasteiger partial charge in [0.25, 0.3) is 5.91 Å². The number of hydrogen-bond acceptors (Lipinski definition) is 4. The number of carbonyl (C=O) groups is 1. The zero-order chi connectivity index (χ0) is 18.6. The number of furan rings is 1. The van der Waals surface area contributed by atoms with Crippen LogP contribution in [0.25, 0.3) is 0 Å². The fourth-order valence-corrected chi connectivity index (χ4v) is 2.28. The van der Waals surface area contributed by atoms with E-state index < -0.39 is 0 Å². The number of ether oxygens (including phenoxy) is 1. The molecule has 1 aromatic heterocycles. The number of nitrogens with one attached hydrogen (secondary N) is 3. The van der Waals surface area contributed by atoms with E-state index in [2.05, 4.69) is 20.9 Å². The number of halogens is 1. The fourth-order valence-electron chi connectivity index (χ4n) is 2.28. The molecule has 1 amide bonds. The van der Waals surface area contributed by atoms with Crippen LogP contribution in [-0.4, -0.2) is 45.2 Å². The van der Waals surface area contributed by atoms with E-state index in [1.807, 2.05) is 19.1 Å². The zero-order valence-corrected chi connectivity index (χ0v) is 18.0. The quantitative estimate of drug-likeness (QED) is 0.219. The predicted octanol–water partition coefficient (Wildman–Crippen LogP) is 2.43. The second kappa shape index (κ2) is 13.0. The molecule has 3 N–H and O–H groups in total. The fraction of sp³-hybridized carbons (Fsp3) is 0.368. The number of nitrogens with zero attached hydrogens (tertiary/aromatic N) is 1. The van der Waals surface area contributed by atoms with Gasteiger partial charge < -0.3 is 25.1 Å². The van der Waals surface area contributed by atoms with Crippen molar-refractivity contribution < 1.29 is 13.9 Å². The highest BCUT2D eigenvalue weighted by Crippen LogP contribution is 2.10. The van der Waals surface area contributed by atoms with E-state index in [-0.39, 0.29) is 29.9 Å². The summed E-state index contributed by atoms with van der Waals surface area (Å²) in [6.07, 6.45) is 2.41. The molecule has 0 radical (unpaired) electrons. The maximum Gasteiger partial charge on any atom is 0.251 e. The summed E-state index contributed by atoms with van der Waals surface area (Å²) in [7, 11) is 1.60. The van der Waals surface area contributed by atoms with Gasteiger partial charge in [-0.15, -0.1) is 24.0 Å². The maximum atomic E-state index is 12.1. The predicted molar refractivity (Wildman–Crippen MR) is 117 cm³/mol. The lowest BCUT2D eigenvalue weighted by molar-refractivity contribution is 0.0954. The third-order valence-corrected chi connectivity index (χ3v) is 3.61. The topological polar surface area (TPSA) is 87.9 Å². The molecule has 0 saturated carbocycles. The van der Waals surface area contributed by atoms with Gasteiger partial charge in [0, 0.05) is 38.2 Å². The lowest BCUT2D eigenvalue weighted by Gasteiger charge is -2.12. The van der Waals surface area contributed by atoms with Crippen LogP contribution in [0.4, 0.5) is 0 Å². The summed E-state index contributed by atoms with van der Waals surface area (Å²) in [6.45, 7) is 4.48. The van der Waals surface area contributed by atoms with Crippen molar-refractivity contribution in [2.45, 2.75) is 13.3 Å². The Morgan fingerprint density at radius 1 is 1.11 bits per heavy atom. The molecule has 2 rings (SSSR count). The molecule has 0 unspecified atom stereocenters. The molecule has 0 spiro atoms. The van der Waals surface area contributed by atoms with Crippen molar-refractivity contribution in [3.63, 3.8) is 0 Å². The number of amides is 1. The van der Waals surface area contributed by atoms with Gasteiger partial charge in [0.15, 0.2) is 5.96 Å². The smallest absolute Gasteiger partial charge is 0.251 e. The van der Waals surface area contributed by atoms with Crippen LogP contribution in [-0.2, 0) is 6.42 Å². The SMILES string of the molecule is CCNC(=NCCc1ccco1)NCCNC(=O)c1ccc(OC)cc1.I. The van der Waals surface area contributed by atoms with Crippen LogP contribution in [0, 0.1) is 0 Å². The highest BCUT2D eigenvalue weighted by Gasteiger charge is 2.05. The number of rotatable bonds is 9. The molecule has 1 heterocycles. The zero-order valence-electron chi connectivity index (χ0n) is 15.7. The lowest BCUT2D eigenvalue weighted by atomic mass is 10.2. The Kier molecular flexibility index (Phi) is 11.0. The van der Waals surface area contributed by atoms with Crippen molar-refractivity contribution in [2.24, 2.45) is 4.99 Å². The average molecular weight is 486 g/mol. The Bertz CT molecular complexity index is 687. The highest BCUT2D eigenvalue weighted by molar-refractivity contribution is 14.0. The van der Waals surface area contributed by atoms with E-state index >= 15 is 0 Å². The molecule has 0 bridgehead atoms. The van der Waals surface area contributed by atoms with Crippen molar-refractivity contribution in [3.05, 3.63) is 54.0 Å². The highest BCUT2D eigenvalue weighted by atomic mass is 127. The summed E-state index contributed by atoms with van der Waals surface area (Å²) < 4.78 is 10.4. The molecular formula is C19H27IN4O3. The summed E-state index contributed by atoms with van der Waals surface area (Å²) in [5.41, 5.74) is 0.602. The van der Waals surface area contributed by atoms with Gasteiger partial charge in [0.1, 0.15) is 11.5 Å². The molecule has 0 saturated heterocycles. The number of aliphatic imine (C=N–C) groups is 1. The molecule has 148 valence electrons. The Hall–Kier alpha value is -2.23. The van der Waals surface area contributed by atoms with Gasteiger partial charge in [-0.3, -0.25) is 9.79 Å². The van der Waals surface area contributed by atoms with Gasteiger partial charge in [-0.1, -0.05) is 0 Å². The number of carbonyl (C=O) groups excluding carboxylic acids is 1. The van der Waals surface area contributed by atoms with Crippen LogP contribution < -0.4 is 20.7 Å². The van der Waals surface area contributed by atoms with Crippen LogP contribution in [0.3, 0.4) is 0 Å². The first-order valence-electron chi connectivity index (χ1n) is 8.69. The molecular weight excluding hydrogens is 459 g/mol. The van der Waals surface area contributed by atoms with E-state index in [1.54, 1.807) is 37.6 Å². The molecule has 8 heteroatoms. The van der Waals surface area contributed by atoms with Gasteiger partial charge in [0.2, 0.25) is 0 Å². The van der Waals surface area contributed by atoms with E-state index in [9.17, 15) is 4.79 Å². The van der Waals surface area contributed by atoms with Crippen LogP contribution in [0.1, 0.15) is 23.0 Å². The summed E-state index contributed by atoms with van der Waals surface area (Å²) in [5, 5.41) is 9.25. The third kappa shape index (κ3) is 8.33. The lowest BCUT2D eigenvalue weighted by Crippen LogP contribution is -2.41. The molecule has 0 aliphatic rings. The molecule has 0 aliphatic carbocycles. The summed E-state index contributed by atoms with van der Waals surface area (Å²) in [5.74, 6) is 2.24. The minimum Gasteiger partial charge on any atom is -0.497 e. The number of guanidine groups is 1. The Labute approximate surface area is 177 Å². The van der Waals surface area contributed by atoms with Crippen LogP contribution in [0.2, 0.25) is 0 Å². The van der Waals surface area contributed by atoms with E-state index in [4.69, 9.17) is 9.15 Å². The Morgan fingerprint density at radius 3 is 2.48 bits per heavy atom.